The Morgan fingerprint density at radius 3 is 1.22 bits per heavy atom. The average molecular weight is 390 g/mol. The fraction of sp³-hybridized carbons (Fsp3) is 0.688. The van der Waals surface area contributed by atoms with Gasteiger partial charge in [-0.25, -0.2) is 0 Å². The van der Waals surface area contributed by atoms with Crippen LogP contribution in [0.15, 0.2) is 0 Å². The summed E-state index contributed by atoms with van der Waals surface area (Å²) in [5, 5.41) is 53.5. The number of ether oxygens (including phenoxy) is 1. The van der Waals surface area contributed by atoms with Crippen LogP contribution in [0.3, 0.4) is 0 Å². The van der Waals surface area contributed by atoms with Crippen LogP contribution in [0.4, 0.5) is 0 Å². The number of carbonyl (C=O) groups is 5. The van der Waals surface area contributed by atoms with Gasteiger partial charge in [0, 0.05) is 6.92 Å². The zero-order valence-electron chi connectivity index (χ0n) is 15.4. The molecular weight excluding hydrogens is 368 g/mol. The van der Waals surface area contributed by atoms with E-state index in [9.17, 15) is 49.5 Å². The molecule has 27 heavy (non-hydrogen) atoms. The predicted octanol–water partition coefficient (Wildman–Crippen LogP) is -3.43. The monoisotopic (exact) mass is 390 g/mol. The lowest BCUT2D eigenvalue weighted by Gasteiger charge is -2.63. The number of aliphatic hydroxyl groups excluding tert-OH is 1. The van der Waals surface area contributed by atoms with Crippen LogP contribution < -0.4 is 0 Å². The third kappa shape index (κ3) is 2.21. The minimum absolute atomic E-state index is 0.538. The van der Waals surface area contributed by atoms with Crippen LogP contribution in [0.2, 0.25) is 0 Å². The predicted molar refractivity (Wildman–Crippen MR) is 84.1 cm³/mol. The van der Waals surface area contributed by atoms with Crippen LogP contribution in [0.1, 0.15) is 34.6 Å². The second-order valence-electron chi connectivity index (χ2n) is 6.64. The van der Waals surface area contributed by atoms with E-state index in [4.69, 9.17) is 4.74 Å². The molecule has 0 aromatic heterocycles. The van der Waals surface area contributed by atoms with E-state index in [1.807, 2.05) is 0 Å². The molecular formula is C16H22O11. The van der Waals surface area contributed by atoms with Gasteiger partial charge in [0.05, 0.1) is 6.61 Å². The summed E-state index contributed by atoms with van der Waals surface area (Å²) < 4.78 is 4.89. The van der Waals surface area contributed by atoms with E-state index in [1.54, 1.807) is 0 Å². The Morgan fingerprint density at radius 2 is 1.00 bits per heavy atom. The van der Waals surface area contributed by atoms with E-state index < -0.39 is 63.7 Å². The molecule has 0 spiro atoms. The Morgan fingerprint density at radius 1 is 0.630 bits per heavy atom. The second kappa shape index (κ2) is 6.33. The van der Waals surface area contributed by atoms with Crippen LogP contribution in [0.5, 0.6) is 0 Å². The molecule has 1 saturated heterocycles. The minimum Gasteiger partial charge on any atom is -0.393 e. The molecule has 1 heterocycles. The van der Waals surface area contributed by atoms with Crippen molar-refractivity contribution in [2.75, 3.05) is 6.61 Å². The molecule has 0 amide bonds. The van der Waals surface area contributed by atoms with Gasteiger partial charge in [0.1, 0.15) is 0 Å². The number of Topliss-reactive ketones (excluding diaryl/α,β-unsaturated/α-hetero) is 5. The van der Waals surface area contributed by atoms with Gasteiger partial charge in [-0.05, 0) is 27.7 Å². The van der Waals surface area contributed by atoms with E-state index in [0.717, 1.165) is 0 Å². The third-order valence-electron chi connectivity index (χ3n) is 5.24. The van der Waals surface area contributed by atoms with E-state index in [2.05, 4.69) is 0 Å². The molecule has 1 aliphatic rings. The fourth-order valence-electron chi connectivity index (χ4n) is 3.65. The van der Waals surface area contributed by atoms with E-state index in [0.29, 0.717) is 34.6 Å². The van der Waals surface area contributed by atoms with Crippen LogP contribution >= 0.6 is 0 Å². The van der Waals surface area contributed by atoms with Crippen molar-refractivity contribution in [2.24, 2.45) is 0 Å². The molecule has 1 rings (SSSR count). The lowest BCUT2D eigenvalue weighted by molar-refractivity contribution is -0.409. The van der Waals surface area contributed by atoms with Crippen LogP contribution in [0, 0.1) is 0 Å². The van der Waals surface area contributed by atoms with Crippen LogP contribution in [0.25, 0.3) is 0 Å². The number of hydrogen-bond acceptors (Lipinski definition) is 11. The van der Waals surface area contributed by atoms with Crippen molar-refractivity contribution in [3.8, 4) is 0 Å². The highest BCUT2D eigenvalue weighted by Crippen LogP contribution is 2.54. The molecule has 1 fully saturated rings. The lowest BCUT2D eigenvalue weighted by Crippen LogP contribution is -2.94. The second-order valence-corrected chi connectivity index (χ2v) is 6.64. The molecule has 0 saturated carbocycles. The molecule has 0 unspecified atom stereocenters. The van der Waals surface area contributed by atoms with Crippen molar-refractivity contribution in [1.82, 2.24) is 0 Å². The maximum atomic E-state index is 12.4. The van der Waals surface area contributed by atoms with Gasteiger partial charge >= 0.3 is 0 Å². The van der Waals surface area contributed by atoms with Gasteiger partial charge in [-0.3, -0.25) is 24.0 Å². The highest BCUT2D eigenvalue weighted by Gasteiger charge is 2.88. The lowest BCUT2D eigenvalue weighted by atomic mass is 9.53. The quantitative estimate of drug-likeness (QED) is 0.303. The molecule has 0 aromatic carbocycles. The Hall–Kier alpha value is -1.89. The van der Waals surface area contributed by atoms with Gasteiger partial charge in [-0.15, -0.1) is 0 Å². The summed E-state index contributed by atoms with van der Waals surface area (Å²) in [7, 11) is 0. The van der Waals surface area contributed by atoms with Gasteiger partial charge < -0.3 is 30.3 Å². The number of aliphatic hydroxyl groups is 5. The average Bonchev–Trinajstić information content (AvgIpc) is 2.54. The van der Waals surface area contributed by atoms with Crippen molar-refractivity contribution in [3.63, 3.8) is 0 Å². The van der Waals surface area contributed by atoms with Crippen molar-refractivity contribution >= 4 is 28.9 Å². The summed E-state index contributed by atoms with van der Waals surface area (Å²) in [4.78, 5) is 61.2. The molecule has 0 aliphatic carbocycles. The smallest absolute Gasteiger partial charge is 0.268 e. The largest absolute Gasteiger partial charge is 0.393 e. The van der Waals surface area contributed by atoms with Crippen molar-refractivity contribution < 1.29 is 54.2 Å². The zero-order valence-corrected chi connectivity index (χ0v) is 15.4. The van der Waals surface area contributed by atoms with Crippen molar-refractivity contribution in [1.29, 1.82) is 0 Å². The molecule has 5 N–H and O–H groups in total. The summed E-state index contributed by atoms with van der Waals surface area (Å²) in [5.41, 5.74) is -14.8. The van der Waals surface area contributed by atoms with Gasteiger partial charge in [0.25, 0.3) is 5.79 Å². The van der Waals surface area contributed by atoms with Gasteiger partial charge in [0.2, 0.25) is 16.8 Å². The molecule has 1 aliphatic heterocycles. The zero-order chi connectivity index (χ0) is 21.8. The van der Waals surface area contributed by atoms with Crippen molar-refractivity contribution in [3.05, 3.63) is 0 Å². The SMILES string of the molecule is CC(=O)[C@@]1(O)[C@@](O)(C(C)=O)[C@](O)(C(C)=O)O[C@@](CO)(C(C)=O)[C@]1(O)C(C)=O. The summed E-state index contributed by atoms with van der Waals surface area (Å²) in [6.07, 6.45) is 0. The van der Waals surface area contributed by atoms with Gasteiger partial charge in [-0.1, -0.05) is 0 Å². The number of carbonyl (C=O) groups excluding carboxylic acids is 5. The third-order valence-corrected chi connectivity index (χ3v) is 5.24. The normalized spacial score (nSPS) is 41.7. The molecule has 0 radical (unpaired) electrons. The first-order valence-corrected chi connectivity index (χ1v) is 7.74. The van der Waals surface area contributed by atoms with Gasteiger partial charge in [-0.2, -0.15) is 0 Å². The van der Waals surface area contributed by atoms with Crippen molar-refractivity contribution in [2.45, 2.75) is 62.8 Å². The number of ketones is 5. The highest BCUT2D eigenvalue weighted by atomic mass is 16.7. The first kappa shape index (κ1) is 23.1. The Balaban J connectivity index is 4.36. The maximum absolute atomic E-state index is 12.4. The maximum Gasteiger partial charge on any atom is 0.268 e. The number of rotatable bonds is 6. The van der Waals surface area contributed by atoms with E-state index in [1.165, 1.54) is 0 Å². The summed E-state index contributed by atoms with van der Waals surface area (Å²) in [6, 6.07) is 0. The van der Waals surface area contributed by atoms with E-state index >= 15 is 0 Å². The summed E-state index contributed by atoms with van der Waals surface area (Å²) >= 11 is 0. The standard InChI is InChI=1S/C16H22O11/c1-7(18)12(6-17)13(23,8(2)19)14(24,9(3)20)15(25,10(4)21)16(26,27-12)11(5)22/h17,23-26H,6H2,1-5H3/t12-,13+,14-,15-,16-/m0/s1. The first-order chi connectivity index (χ1) is 12.0. The first-order valence-electron chi connectivity index (χ1n) is 7.74. The molecule has 11 heteroatoms. The molecule has 11 nitrogen and oxygen atoms in total. The highest BCUT2D eigenvalue weighted by molar-refractivity contribution is 6.12. The molecule has 0 bridgehead atoms. The minimum atomic E-state index is -3.94. The summed E-state index contributed by atoms with van der Waals surface area (Å²) in [5.74, 6) is -11.5. The molecule has 152 valence electrons. The Kier molecular flexibility index (Phi) is 5.43. The molecule has 0 aromatic rings. The summed E-state index contributed by atoms with van der Waals surface area (Å²) in [6.45, 7) is 1.33. The topological polar surface area (TPSA) is 196 Å². The van der Waals surface area contributed by atoms with Gasteiger partial charge in [0.15, 0.2) is 34.5 Å². The van der Waals surface area contributed by atoms with E-state index in [-0.39, 0.29) is 0 Å². The number of hydrogen-bond donors (Lipinski definition) is 5. The van der Waals surface area contributed by atoms with Crippen LogP contribution in [-0.2, 0) is 28.7 Å². The fourth-order valence-corrected chi connectivity index (χ4v) is 3.65. The van der Waals surface area contributed by atoms with Crippen LogP contribution in [-0.4, -0.2) is 89.2 Å². The molecule has 5 atom stereocenters. The Labute approximate surface area is 153 Å². The Bertz CT molecular complexity index is 745.